The summed E-state index contributed by atoms with van der Waals surface area (Å²) in [5.74, 6) is 0.837. The van der Waals surface area contributed by atoms with Gasteiger partial charge in [0.2, 0.25) is 5.95 Å². The van der Waals surface area contributed by atoms with E-state index in [2.05, 4.69) is 15.0 Å². The zero-order valence-corrected chi connectivity index (χ0v) is 11.8. The molecule has 0 aromatic carbocycles. The van der Waals surface area contributed by atoms with Crippen LogP contribution in [0.1, 0.15) is 32.1 Å². The largest absolute Gasteiger partial charge is 0.348 e. The number of aromatic amines is 1. The van der Waals surface area contributed by atoms with E-state index in [-0.39, 0.29) is 0 Å². The van der Waals surface area contributed by atoms with Crippen LogP contribution in [0.15, 0.2) is 18.3 Å². The number of imidazole rings is 1. The Morgan fingerprint density at radius 1 is 1.26 bits per heavy atom. The Morgan fingerprint density at radius 3 is 2.53 bits per heavy atom. The molecule has 0 amide bonds. The van der Waals surface area contributed by atoms with Crippen LogP contribution in [-0.2, 0) is 0 Å². The molecule has 0 atom stereocenters. The van der Waals surface area contributed by atoms with Gasteiger partial charge in [0.15, 0.2) is 5.65 Å². The van der Waals surface area contributed by atoms with Crippen molar-refractivity contribution < 1.29 is 0 Å². The van der Waals surface area contributed by atoms with Gasteiger partial charge >= 0.3 is 0 Å². The van der Waals surface area contributed by atoms with Crippen LogP contribution in [0.2, 0.25) is 0 Å². The van der Waals surface area contributed by atoms with Crippen LogP contribution in [0.5, 0.6) is 0 Å². The number of pyridine rings is 1. The molecule has 2 aromatic heterocycles. The van der Waals surface area contributed by atoms with Crippen LogP contribution < -0.4 is 10.6 Å². The van der Waals surface area contributed by atoms with Crippen molar-refractivity contribution in [1.82, 2.24) is 15.0 Å². The number of hydrogen-bond donors (Lipinski definition) is 2. The van der Waals surface area contributed by atoms with Crippen molar-refractivity contribution in [2.24, 2.45) is 5.73 Å². The van der Waals surface area contributed by atoms with Crippen LogP contribution in [0, 0.1) is 0 Å². The fraction of sp³-hybridized carbons (Fsp3) is 0.571. The summed E-state index contributed by atoms with van der Waals surface area (Å²) in [6.45, 7) is 0. The van der Waals surface area contributed by atoms with Gasteiger partial charge in [-0.2, -0.15) is 4.98 Å². The molecule has 104 valence electrons. The molecule has 3 N–H and O–H groups in total. The van der Waals surface area contributed by atoms with Gasteiger partial charge in [-0.05, 0) is 25.0 Å². The smallest absolute Gasteiger partial charge is 0.204 e. The van der Waals surface area contributed by atoms with Crippen LogP contribution in [0.3, 0.4) is 0 Å². The predicted molar refractivity (Wildman–Crippen MR) is 79.3 cm³/mol. The number of nitrogens with zero attached hydrogens (tertiary/aromatic N) is 3. The van der Waals surface area contributed by atoms with Crippen LogP contribution in [-0.4, -0.2) is 35.1 Å². The SMILES string of the molecule is CN(C)c1nc2ncccc2[nH]1.NC1CCCCC1. The molecule has 0 saturated heterocycles. The Morgan fingerprint density at radius 2 is 2.00 bits per heavy atom. The first-order chi connectivity index (χ1) is 9.16. The first kappa shape index (κ1) is 13.8. The van der Waals surface area contributed by atoms with E-state index in [4.69, 9.17) is 5.73 Å². The van der Waals surface area contributed by atoms with Crippen molar-refractivity contribution in [2.75, 3.05) is 19.0 Å². The third-order valence-electron chi connectivity index (χ3n) is 3.32. The number of rotatable bonds is 1. The predicted octanol–water partition coefficient (Wildman–Crippen LogP) is 2.30. The molecule has 1 fully saturated rings. The summed E-state index contributed by atoms with van der Waals surface area (Å²) < 4.78 is 0. The Labute approximate surface area is 114 Å². The number of nitrogens with two attached hydrogens (primary N) is 1. The third kappa shape index (κ3) is 3.92. The highest BCUT2D eigenvalue weighted by Crippen LogP contribution is 2.14. The van der Waals surface area contributed by atoms with Gasteiger partial charge in [-0.15, -0.1) is 0 Å². The summed E-state index contributed by atoms with van der Waals surface area (Å²) in [6, 6.07) is 4.39. The maximum Gasteiger partial charge on any atom is 0.204 e. The maximum atomic E-state index is 5.63. The Kier molecular flexibility index (Phi) is 4.74. The van der Waals surface area contributed by atoms with Crippen LogP contribution in [0.4, 0.5) is 5.95 Å². The molecular formula is C14H23N5. The highest BCUT2D eigenvalue weighted by atomic mass is 15.2. The first-order valence-electron chi connectivity index (χ1n) is 6.90. The molecule has 5 heteroatoms. The van der Waals surface area contributed by atoms with Gasteiger partial charge in [0.25, 0.3) is 0 Å². The summed E-state index contributed by atoms with van der Waals surface area (Å²) >= 11 is 0. The molecule has 3 rings (SSSR count). The standard InChI is InChI=1S/C8H10N4.C6H13N/c1-12(2)8-10-6-4-3-5-9-7(6)11-8;7-6-4-2-1-3-5-6/h3-5H,1-2H3,(H,9,10,11);6H,1-5,7H2. The van der Waals surface area contributed by atoms with Crippen molar-refractivity contribution in [2.45, 2.75) is 38.1 Å². The minimum atomic E-state index is 0.536. The number of fused-ring (bicyclic) bond motifs is 1. The number of anilines is 1. The number of aromatic nitrogens is 3. The van der Waals surface area contributed by atoms with Gasteiger partial charge in [-0.25, -0.2) is 4.98 Å². The zero-order valence-electron chi connectivity index (χ0n) is 11.8. The van der Waals surface area contributed by atoms with E-state index in [0.29, 0.717) is 6.04 Å². The highest BCUT2D eigenvalue weighted by Gasteiger charge is 2.06. The number of hydrogen-bond acceptors (Lipinski definition) is 4. The molecule has 0 bridgehead atoms. The molecule has 2 heterocycles. The fourth-order valence-electron chi connectivity index (χ4n) is 2.18. The van der Waals surface area contributed by atoms with Crippen molar-refractivity contribution >= 4 is 17.1 Å². The highest BCUT2D eigenvalue weighted by molar-refractivity contribution is 5.72. The maximum absolute atomic E-state index is 5.63. The Bertz CT molecular complexity index is 466. The van der Waals surface area contributed by atoms with Gasteiger partial charge < -0.3 is 15.6 Å². The molecule has 0 spiro atoms. The molecule has 0 aliphatic heterocycles. The van der Waals surface area contributed by atoms with E-state index in [0.717, 1.165) is 17.1 Å². The van der Waals surface area contributed by atoms with Gasteiger partial charge in [0, 0.05) is 26.3 Å². The second-order valence-corrected chi connectivity index (χ2v) is 5.23. The van der Waals surface area contributed by atoms with Crippen LogP contribution in [0.25, 0.3) is 11.2 Å². The molecule has 0 unspecified atom stereocenters. The first-order valence-corrected chi connectivity index (χ1v) is 6.90. The molecule has 19 heavy (non-hydrogen) atoms. The molecule has 1 saturated carbocycles. The quantitative estimate of drug-likeness (QED) is 0.826. The summed E-state index contributed by atoms with van der Waals surface area (Å²) in [7, 11) is 3.88. The van der Waals surface area contributed by atoms with Crippen LogP contribution >= 0.6 is 0 Å². The van der Waals surface area contributed by atoms with Gasteiger partial charge in [0.1, 0.15) is 0 Å². The molecule has 2 aromatic rings. The lowest BCUT2D eigenvalue weighted by molar-refractivity contribution is 0.441. The number of nitrogens with one attached hydrogen (secondary N) is 1. The van der Waals surface area contributed by atoms with E-state index >= 15 is 0 Å². The van der Waals surface area contributed by atoms with E-state index < -0.39 is 0 Å². The van der Waals surface area contributed by atoms with E-state index in [9.17, 15) is 0 Å². The normalized spacial score (nSPS) is 15.9. The average Bonchev–Trinajstić information content (AvgIpc) is 2.84. The lowest BCUT2D eigenvalue weighted by Gasteiger charge is -2.15. The third-order valence-corrected chi connectivity index (χ3v) is 3.32. The minimum Gasteiger partial charge on any atom is -0.348 e. The summed E-state index contributed by atoms with van der Waals surface area (Å²) in [5.41, 5.74) is 7.37. The molecule has 0 radical (unpaired) electrons. The van der Waals surface area contributed by atoms with Crippen molar-refractivity contribution in [3.05, 3.63) is 18.3 Å². The molecule has 1 aliphatic rings. The average molecular weight is 261 g/mol. The van der Waals surface area contributed by atoms with Gasteiger partial charge in [0.05, 0.1) is 5.52 Å². The molecule has 1 aliphatic carbocycles. The molecular weight excluding hydrogens is 238 g/mol. The van der Waals surface area contributed by atoms with Gasteiger partial charge in [-0.1, -0.05) is 19.3 Å². The summed E-state index contributed by atoms with van der Waals surface area (Å²) in [5, 5.41) is 0. The monoisotopic (exact) mass is 261 g/mol. The second-order valence-electron chi connectivity index (χ2n) is 5.23. The fourth-order valence-corrected chi connectivity index (χ4v) is 2.18. The molecule has 5 nitrogen and oxygen atoms in total. The van der Waals surface area contributed by atoms with Crippen molar-refractivity contribution in [3.8, 4) is 0 Å². The lowest BCUT2D eigenvalue weighted by atomic mass is 9.97. The zero-order chi connectivity index (χ0) is 13.7. The Balaban J connectivity index is 0.000000163. The summed E-state index contributed by atoms with van der Waals surface area (Å²) in [6.07, 6.45) is 8.40. The van der Waals surface area contributed by atoms with Crippen molar-refractivity contribution in [3.63, 3.8) is 0 Å². The minimum absolute atomic E-state index is 0.536. The van der Waals surface area contributed by atoms with E-state index in [1.807, 2.05) is 31.1 Å². The Hall–Kier alpha value is -1.62. The number of H-pyrrole nitrogens is 1. The van der Waals surface area contributed by atoms with Gasteiger partial charge in [-0.3, -0.25) is 0 Å². The lowest BCUT2D eigenvalue weighted by Crippen LogP contribution is -2.22. The second kappa shape index (κ2) is 6.52. The van der Waals surface area contributed by atoms with E-state index in [1.54, 1.807) is 6.20 Å². The van der Waals surface area contributed by atoms with Crippen molar-refractivity contribution in [1.29, 1.82) is 0 Å². The topological polar surface area (TPSA) is 70.8 Å². The summed E-state index contributed by atoms with van der Waals surface area (Å²) in [4.78, 5) is 13.5. The van der Waals surface area contributed by atoms with E-state index in [1.165, 1.54) is 32.1 Å².